The number of piperazine rings is 1. The number of amides is 3. The molecule has 2 fully saturated rings. The molecule has 1 aromatic heterocycles. The molecule has 2 aliphatic rings. The second kappa shape index (κ2) is 15.0. The Balaban J connectivity index is 1.35. The minimum absolute atomic E-state index is 0.0118. The number of halogens is 2. The van der Waals surface area contributed by atoms with Crippen LogP contribution >= 0.6 is 23.2 Å². The van der Waals surface area contributed by atoms with Gasteiger partial charge in [-0.25, -0.2) is 14.8 Å². The van der Waals surface area contributed by atoms with Gasteiger partial charge in [0.2, 0.25) is 0 Å². The van der Waals surface area contributed by atoms with Gasteiger partial charge < -0.3 is 31.7 Å². The van der Waals surface area contributed by atoms with Crippen LogP contribution in [0.3, 0.4) is 0 Å². The quantitative estimate of drug-likeness (QED) is 0.269. The Kier molecular flexibility index (Phi) is 11.4. The highest BCUT2D eigenvalue weighted by molar-refractivity contribution is 6.32. The maximum atomic E-state index is 12.3. The fourth-order valence-corrected chi connectivity index (χ4v) is 6.14. The van der Waals surface area contributed by atoms with Crippen molar-refractivity contribution in [1.82, 2.24) is 30.4 Å². The lowest BCUT2D eigenvalue weighted by Crippen LogP contribution is -2.58. The number of nitrogens with zero attached hydrogens (tertiary/aromatic N) is 5. The van der Waals surface area contributed by atoms with Crippen molar-refractivity contribution in [2.24, 2.45) is 0 Å². The molecule has 6 N–H and O–H groups in total. The molecule has 0 radical (unpaired) electrons. The SMILES string of the molecule is CCNC(=O)Nc1cc(Cl)ccc1CN1CCC(N2CCN(c3nc(N)c(C(=O)NCCO)nc3Cl)C[C@@H]2CC)CC1. The van der Waals surface area contributed by atoms with Gasteiger partial charge in [-0.05, 0) is 57.0 Å². The molecule has 42 heavy (non-hydrogen) atoms. The van der Waals surface area contributed by atoms with Crippen LogP contribution in [0.5, 0.6) is 0 Å². The van der Waals surface area contributed by atoms with E-state index in [1.165, 1.54) is 0 Å². The molecular weight excluding hydrogens is 581 g/mol. The molecular formula is C28H41Cl2N9O3. The first-order chi connectivity index (χ1) is 20.2. The number of benzene rings is 1. The Morgan fingerprint density at radius 1 is 1.10 bits per heavy atom. The molecule has 2 aromatic rings. The monoisotopic (exact) mass is 621 g/mol. The number of hydrogen-bond acceptors (Lipinski definition) is 9. The third-order valence-electron chi connectivity index (χ3n) is 7.85. The normalized spacial score (nSPS) is 18.6. The number of nitrogen functional groups attached to an aromatic ring is 1. The number of piperidine rings is 1. The van der Waals surface area contributed by atoms with Crippen molar-refractivity contribution in [3.63, 3.8) is 0 Å². The van der Waals surface area contributed by atoms with Crippen LogP contribution in [-0.4, -0.2) is 101 Å². The van der Waals surface area contributed by atoms with Crippen LogP contribution in [0.1, 0.15) is 49.2 Å². The van der Waals surface area contributed by atoms with E-state index in [9.17, 15) is 9.59 Å². The Hall–Kier alpha value is -2.90. The lowest BCUT2D eigenvalue weighted by molar-refractivity contribution is 0.0611. The predicted molar refractivity (Wildman–Crippen MR) is 166 cm³/mol. The number of carbonyl (C=O) groups is 2. The summed E-state index contributed by atoms with van der Waals surface area (Å²) in [4.78, 5) is 40.2. The predicted octanol–water partition coefficient (Wildman–Crippen LogP) is 2.79. The zero-order valence-corrected chi connectivity index (χ0v) is 25.7. The first-order valence-corrected chi connectivity index (χ1v) is 15.3. The zero-order valence-electron chi connectivity index (χ0n) is 24.2. The third kappa shape index (κ3) is 7.93. The van der Waals surface area contributed by atoms with E-state index in [0.717, 1.165) is 69.8 Å². The van der Waals surface area contributed by atoms with E-state index >= 15 is 0 Å². The largest absolute Gasteiger partial charge is 0.395 e. The maximum absolute atomic E-state index is 12.3. The van der Waals surface area contributed by atoms with Crippen LogP contribution in [-0.2, 0) is 6.54 Å². The molecule has 0 spiro atoms. The fourth-order valence-electron chi connectivity index (χ4n) is 5.73. The lowest BCUT2D eigenvalue weighted by atomic mass is 9.97. The van der Waals surface area contributed by atoms with E-state index in [4.69, 9.17) is 34.0 Å². The molecule has 2 aliphatic heterocycles. The van der Waals surface area contributed by atoms with E-state index in [0.29, 0.717) is 29.5 Å². The number of aliphatic hydroxyl groups excluding tert-OH is 1. The molecule has 1 aromatic carbocycles. The average Bonchev–Trinajstić information content (AvgIpc) is 2.98. The number of urea groups is 1. The van der Waals surface area contributed by atoms with Crippen molar-refractivity contribution in [1.29, 1.82) is 0 Å². The highest BCUT2D eigenvalue weighted by Crippen LogP contribution is 2.30. The molecule has 2 saturated heterocycles. The van der Waals surface area contributed by atoms with Crippen molar-refractivity contribution in [3.05, 3.63) is 39.6 Å². The number of likely N-dealkylation sites (tertiary alicyclic amines) is 1. The van der Waals surface area contributed by atoms with Crippen LogP contribution in [0.4, 0.5) is 22.1 Å². The van der Waals surface area contributed by atoms with Gasteiger partial charge in [0, 0.05) is 62.1 Å². The summed E-state index contributed by atoms with van der Waals surface area (Å²) in [7, 11) is 0. The Bertz CT molecular complexity index is 1240. The average molecular weight is 623 g/mol. The molecule has 0 aliphatic carbocycles. The summed E-state index contributed by atoms with van der Waals surface area (Å²) in [5.74, 6) is -0.0193. The van der Waals surface area contributed by atoms with E-state index in [1.54, 1.807) is 6.07 Å². The Morgan fingerprint density at radius 3 is 2.55 bits per heavy atom. The number of aromatic nitrogens is 2. The van der Waals surface area contributed by atoms with Gasteiger partial charge in [-0.3, -0.25) is 14.6 Å². The van der Waals surface area contributed by atoms with E-state index in [2.05, 4.69) is 47.5 Å². The number of hydrogen-bond donors (Lipinski definition) is 5. The molecule has 1 atom stereocenters. The molecule has 0 bridgehead atoms. The van der Waals surface area contributed by atoms with Crippen LogP contribution in [0.2, 0.25) is 10.2 Å². The second-order valence-corrected chi connectivity index (χ2v) is 11.4. The summed E-state index contributed by atoms with van der Waals surface area (Å²) in [6, 6.07) is 6.19. The smallest absolute Gasteiger partial charge is 0.319 e. The summed E-state index contributed by atoms with van der Waals surface area (Å²) >= 11 is 12.7. The van der Waals surface area contributed by atoms with Crippen molar-refractivity contribution in [2.45, 2.75) is 51.7 Å². The molecule has 0 saturated carbocycles. The first-order valence-electron chi connectivity index (χ1n) is 14.5. The number of carbonyl (C=O) groups excluding carboxylic acids is 2. The van der Waals surface area contributed by atoms with Gasteiger partial charge >= 0.3 is 6.03 Å². The Morgan fingerprint density at radius 2 is 1.86 bits per heavy atom. The van der Waals surface area contributed by atoms with Crippen molar-refractivity contribution in [2.75, 3.05) is 68.4 Å². The maximum Gasteiger partial charge on any atom is 0.319 e. The topological polar surface area (TPSA) is 152 Å². The minimum atomic E-state index is -0.518. The molecule has 230 valence electrons. The second-order valence-electron chi connectivity index (χ2n) is 10.6. The number of nitrogens with one attached hydrogen (secondary N) is 3. The lowest BCUT2D eigenvalue weighted by Gasteiger charge is -2.47. The highest BCUT2D eigenvalue weighted by Gasteiger charge is 2.34. The summed E-state index contributed by atoms with van der Waals surface area (Å²) in [6.45, 7) is 9.50. The van der Waals surface area contributed by atoms with Crippen molar-refractivity contribution in [3.8, 4) is 0 Å². The minimum Gasteiger partial charge on any atom is -0.395 e. The number of nitrogens with two attached hydrogens (primary N) is 1. The van der Waals surface area contributed by atoms with E-state index in [-0.39, 0.29) is 35.8 Å². The number of rotatable bonds is 10. The molecule has 4 rings (SSSR count). The Labute approximate surface area is 256 Å². The van der Waals surface area contributed by atoms with Crippen LogP contribution in [0.15, 0.2) is 18.2 Å². The van der Waals surface area contributed by atoms with Gasteiger partial charge in [0.05, 0.1) is 6.61 Å². The molecule has 0 unspecified atom stereocenters. The number of anilines is 3. The third-order valence-corrected chi connectivity index (χ3v) is 8.34. The van der Waals surface area contributed by atoms with Crippen molar-refractivity contribution >= 4 is 52.5 Å². The summed E-state index contributed by atoms with van der Waals surface area (Å²) in [5.41, 5.74) is 7.81. The van der Waals surface area contributed by atoms with Gasteiger partial charge in [-0.2, -0.15) is 0 Å². The van der Waals surface area contributed by atoms with Gasteiger partial charge in [0.1, 0.15) is 0 Å². The number of aliphatic hydroxyl groups is 1. The van der Waals surface area contributed by atoms with Crippen LogP contribution in [0, 0.1) is 0 Å². The molecule has 3 amide bonds. The van der Waals surface area contributed by atoms with Crippen LogP contribution in [0.25, 0.3) is 0 Å². The summed E-state index contributed by atoms with van der Waals surface area (Å²) in [6.07, 6.45) is 3.07. The first kappa shape index (κ1) is 32.0. The van der Waals surface area contributed by atoms with Gasteiger partial charge in [-0.1, -0.05) is 36.2 Å². The van der Waals surface area contributed by atoms with Gasteiger partial charge in [0.15, 0.2) is 22.5 Å². The van der Waals surface area contributed by atoms with Gasteiger partial charge in [-0.15, -0.1) is 0 Å². The van der Waals surface area contributed by atoms with Gasteiger partial charge in [0.25, 0.3) is 5.91 Å². The summed E-state index contributed by atoms with van der Waals surface area (Å²) in [5, 5.41) is 17.9. The van der Waals surface area contributed by atoms with Crippen molar-refractivity contribution < 1.29 is 14.7 Å². The fraction of sp³-hybridized carbons (Fsp3) is 0.571. The van der Waals surface area contributed by atoms with E-state index < -0.39 is 5.91 Å². The summed E-state index contributed by atoms with van der Waals surface area (Å²) < 4.78 is 0. The molecule has 12 nitrogen and oxygen atoms in total. The molecule has 14 heteroatoms. The highest BCUT2D eigenvalue weighted by atomic mass is 35.5. The standard InChI is InChI=1S/C28H41Cl2N9O3/c1-3-20-17-38(26-24(30)35-23(25(31)36-26)27(41)33-9-14-40)12-13-39(20)21-7-10-37(11-8-21)16-18-5-6-19(29)15-22(18)34-28(42)32-4-2/h5-6,15,20-21,40H,3-4,7-14,16-17H2,1-2H3,(H2,31,36)(H,33,41)(H2,32,34,42)/t20-/m0/s1. The van der Waals surface area contributed by atoms with Crippen LogP contribution < -0.4 is 26.6 Å². The van der Waals surface area contributed by atoms with E-state index in [1.807, 2.05) is 19.1 Å². The molecule has 3 heterocycles. The zero-order chi connectivity index (χ0) is 30.2.